The van der Waals surface area contributed by atoms with Crippen LogP contribution in [-0.4, -0.2) is 31.9 Å². The van der Waals surface area contributed by atoms with Crippen molar-refractivity contribution in [3.63, 3.8) is 0 Å². The predicted molar refractivity (Wildman–Crippen MR) is 118 cm³/mol. The number of benzene rings is 2. The Morgan fingerprint density at radius 1 is 1.00 bits per heavy atom. The molecule has 0 unspecified atom stereocenters. The molecule has 0 radical (unpaired) electrons. The van der Waals surface area contributed by atoms with Crippen molar-refractivity contribution in [3.05, 3.63) is 78.2 Å². The largest absolute Gasteiger partial charge is 0.488 e. The lowest BCUT2D eigenvalue weighted by molar-refractivity contribution is 0.0637. The molecule has 1 aliphatic carbocycles. The van der Waals surface area contributed by atoms with Gasteiger partial charge < -0.3 is 14.6 Å². The van der Waals surface area contributed by atoms with E-state index >= 15 is 0 Å². The van der Waals surface area contributed by atoms with Crippen molar-refractivity contribution >= 4 is 5.65 Å². The van der Waals surface area contributed by atoms with E-state index in [0.717, 1.165) is 31.2 Å². The van der Waals surface area contributed by atoms with E-state index in [-0.39, 0.29) is 18.0 Å². The topological polar surface area (TPSA) is 68.9 Å². The minimum Gasteiger partial charge on any atom is -0.488 e. The van der Waals surface area contributed by atoms with Gasteiger partial charge in [-0.25, -0.2) is 13.9 Å². The van der Waals surface area contributed by atoms with E-state index in [1.165, 1.54) is 12.1 Å². The summed E-state index contributed by atoms with van der Waals surface area (Å²) in [6.07, 6.45) is 4.57. The molecule has 164 valence electrons. The van der Waals surface area contributed by atoms with Crippen LogP contribution in [0.3, 0.4) is 0 Å². The average molecular weight is 433 g/mol. The molecule has 1 saturated carbocycles. The first-order valence-corrected chi connectivity index (χ1v) is 10.8. The van der Waals surface area contributed by atoms with Crippen LogP contribution in [0.25, 0.3) is 16.9 Å². The highest BCUT2D eigenvalue weighted by atomic mass is 19.1. The van der Waals surface area contributed by atoms with Crippen molar-refractivity contribution in [1.29, 1.82) is 0 Å². The molecular formula is C25H24FN3O3. The number of hydrogen-bond acceptors (Lipinski definition) is 5. The zero-order valence-electron chi connectivity index (χ0n) is 17.5. The molecule has 2 heterocycles. The molecule has 1 aliphatic rings. The van der Waals surface area contributed by atoms with Crippen molar-refractivity contribution in [2.45, 2.75) is 44.5 Å². The SMILES string of the molecule is O[C@H]1CC[C@H](Oc2ccc3ncc(-c4ccc(F)cc4OCc4ccccc4)n3n2)CC1. The van der Waals surface area contributed by atoms with Gasteiger partial charge in [0.05, 0.1) is 18.0 Å². The van der Waals surface area contributed by atoms with E-state index in [9.17, 15) is 9.50 Å². The molecule has 1 fully saturated rings. The van der Waals surface area contributed by atoms with Crippen molar-refractivity contribution in [3.8, 4) is 22.9 Å². The van der Waals surface area contributed by atoms with Crippen LogP contribution in [0.5, 0.6) is 11.6 Å². The first-order chi connectivity index (χ1) is 15.7. The quantitative estimate of drug-likeness (QED) is 0.473. The van der Waals surface area contributed by atoms with Crippen LogP contribution < -0.4 is 9.47 Å². The van der Waals surface area contributed by atoms with E-state index in [1.807, 2.05) is 36.4 Å². The van der Waals surface area contributed by atoms with Crippen LogP contribution >= 0.6 is 0 Å². The minimum atomic E-state index is -0.373. The number of halogens is 1. The summed E-state index contributed by atoms with van der Waals surface area (Å²) in [5.74, 6) is 0.541. The molecule has 32 heavy (non-hydrogen) atoms. The lowest BCUT2D eigenvalue weighted by atomic mass is 9.95. The molecule has 0 bridgehead atoms. The van der Waals surface area contributed by atoms with E-state index in [4.69, 9.17) is 9.47 Å². The monoisotopic (exact) mass is 433 g/mol. The Bertz CT molecular complexity index is 1200. The zero-order valence-corrected chi connectivity index (χ0v) is 17.5. The Hall–Kier alpha value is -3.45. The second kappa shape index (κ2) is 8.96. The van der Waals surface area contributed by atoms with E-state index in [2.05, 4.69) is 10.1 Å². The molecule has 0 aliphatic heterocycles. The zero-order chi connectivity index (χ0) is 21.9. The molecule has 4 aromatic rings. The first kappa shape index (κ1) is 20.5. The Morgan fingerprint density at radius 3 is 2.62 bits per heavy atom. The fourth-order valence-corrected chi connectivity index (χ4v) is 4.00. The van der Waals surface area contributed by atoms with Crippen molar-refractivity contribution in [2.75, 3.05) is 0 Å². The Labute approximate surface area is 185 Å². The molecule has 7 heteroatoms. The smallest absolute Gasteiger partial charge is 0.232 e. The van der Waals surface area contributed by atoms with Gasteiger partial charge in [-0.2, -0.15) is 0 Å². The molecule has 0 saturated heterocycles. The molecule has 2 aromatic heterocycles. The summed E-state index contributed by atoms with van der Waals surface area (Å²) in [6.45, 7) is 0.323. The highest BCUT2D eigenvalue weighted by molar-refractivity contribution is 5.69. The third-order valence-electron chi connectivity index (χ3n) is 5.73. The second-order valence-electron chi connectivity index (χ2n) is 8.05. The van der Waals surface area contributed by atoms with Gasteiger partial charge in [-0.3, -0.25) is 0 Å². The maximum Gasteiger partial charge on any atom is 0.232 e. The van der Waals surface area contributed by atoms with E-state index in [0.29, 0.717) is 35.1 Å². The van der Waals surface area contributed by atoms with Gasteiger partial charge in [0.1, 0.15) is 24.3 Å². The minimum absolute atomic E-state index is 0.0332. The molecule has 0 atom stereocenters. The number of nitrogens with zero attached hydrogens (tertiary/aromatic N) is 3. The van der Waals surface area contributed by atoms with Crippen molar-refractivity contribution in [1.82, 2.24) is 14.6 Å². The molecule has 5 rings (SSSR count). The number of fused-ring (bicyclic) bond motifs is 1. The average Bonchev–Trinajstić information content (AvgIpc) is 3.23. The second-order valence-corrected chi connectivity index (χ2v) is 8.05. The lowest BCUT2D eigenvalue weighted by Gasteiger charge is -2.25. The predicted octanol–water partition coefficient (Wildman–Crippen LogP) is 4.80. The van der Waals surface area contributed by atoms with Gasteiger partial charge in [0.2, 0.25) is 5.88 Å². The van der Waals surface area contributed by atoms with Crippen molar-refractivity contribution in [2.24, 2.45) is 0 Å². The molecule has 2 aromatic carbocycles. The van der Waals surface area contributed by atoms with Crippen molar-refractivity contribution < 1.29 is 19.0 Å². The maximum atomic E-state index is 14.0. The number of aromatic nitrogens is 3. The number of aliphatic hydroxyl groups excluding tert-OH is 1. The van der Waals surface area contributed by atoms with Gasteiger partial charge in [-0.05, 0) is 49.4 Å². The lowest BCUT2D eigenvalue weighted by Crippen LogP contribution is -2.26. The molecule has 6 nitrogen and oxygen atoms in total. The number of ether oxygens (including phenoxy) is 2. The highest BCUT2D eigenvalue weighted by Gasteiger charge is 2.22. The summed E-state index contributed by atoms with van der Waals surface area (Å²) in [5.41, 5.74) is 3.03. The Kier molecular flexibility index (Phi) is 5.73. The normalized spacial score (nSPS) is 18.6. The van der Waals surface area contributed by atoms with Gasteiger partial charge in [-0.15, -0.1) is 5.10 Å². The summed E-state index contributed by atoms with van der Waals surface area (Å²) < 4.78 is 27.8. The number of imidazole rings is 1. The number of hydrogen-bond donors (Lipinski definition) is 1. The summed E-state index contributed by atoms with van der Waals surface area (Å²) in [7, 11) is 0. The molecule has 0 spiro atoms. The maximum absolute atomic E-state index is 14.0. The van der Waals surface area contributed by atoms with Gasteiger partial charge in [-0.1, -0.05) is 30.3 Å². The Balaban J connectivity index is 1.43. The third kappa shape index (κ3) is 4.43. The first-order valence-electron chi connectivity index (χ1n) is 10.8. The van der Waals surface area contributed by atoms with E-state index < -0.39 is 0 Å². The van der Waals surface area contributed by atoms with Crippen LogP contribution in [-0.2, 0) is 6.61 Å². The van der Waals surface area contributed by atoms with Crippen LogP contribution in [0.15, 0.2) is 66.9 Å². The van der Waals surface area contributed by atoms with Crippen LogP contribution in [0.1, 0.15) is 31.2 Å². The van der Waals surface area contributed by atoms with Gasteiger partial charge >= 0.3 is 0 Å². The number of rotatable bonds is 6. The van der Waals surface area contributed by atoms with Gasteiger partial charge in [0.15, 0.2) is 5.65 Å². The molecule has 0 amide bonds. The van der Waals surface area contributed by atoms with Crippen LogP contribution in [0, 0.1) is 5.82 Å². The standard InChI is InChI=1S/C25H24FN3O3/c26-18-6-11-21(23(14-18)31-16-17-4-2-1-3-5-17)22-15-27-24-12-13-25(28-29(22)24)32-20-9-7-19(30)8-10-20/h1-6,11-15,19-20,30H,7-10,16H2/t19-,20-. The fraction of sp³-hybridized carbons (Fsp3) is 0.280. The Morgan fingerprint density at radius 2 is 1.81 bits per heavy atom. The number of aliphatic hydroxyl groups is 1. The third-order valence-corrected chi connectivity index (χ3v) is 5.73. The fourth-order valence-electron chi connectivity index (χ4n) is 4.00. The van der Waals surface area contributed by atoms with Crippen LogP contribution in [0.4, 0.5) is 4.39 Å². The van der Waals surface area contributed by atoms with Gasteiger partial charge in [0, 0.05) is 17.7 Å². The molecule has 1 N–H and O–H groups in total. The van der Waals surface area contributed by atoms with Crippen LogP contribution in [0.2, 0.25) is 0 Å². The van der Waals surface area contributed by atoms with E-state index in [1.54, 1.807) is 22.8 Å². The summed E-state index contributed by atoms with van der Waals surface area (Å²) >= 11 is 0. The summed E-state index contributed by atoms with van der Waals surface area (Å²) in [4.78, 5) is 4.44. The highest BCUT2D eigenvalue weighted by Crippen LogP contribution is 2.32. The summed E-state index contributed by atoms with van der Waals surface area (Å²) in [6, 6.07) is 17.8. The van der Waals surface area contributed by atoms with Gasteiger partial charge in [0.25, 0.3) is 0 Å². The summed E-state index contributed by atoms with van der Waals surface area (Å²) in [5, 5.41) is 14.3. The molecular weight excluding hydrogens is 409 g/mol.